The molecule has 0 unspecified atom stereocenters. The lowest BCUT2D eigenvalue weighted by Crippen LogP contribution is -2.38. The van der Waals surface area contributed by atoms with Crippen LogP contribution in [0.3, 0.4) is 0 Å². The topological polar surface area (TPSA) is 82.9 Å². The third-order valence-electron chi connectivity index (χ3n) is 8.34. The van der Waals surface area contributed by atoms with Gasteiger partial charge in [-0.3, -0.25) is 20.4 Å². The molecule has 2 N–H and O–H groups in total. The summed E-state index contributed by atoms with van der Waals surface area (Å²) in [5, 5.41) is 11.7. The van der Waals surface area contributed by atoms with E-state index in [1.54, 1.807) is 12.2 Å². The molecular formula is C38H38N4O2Si2. The highest BCUT2D eigenvalue weighted by atomic mass is 28.3. The first-order valence-electron chi connectivity index (χ1n) is 15.5. The maximum absolute atomic E-state index is 12.7. The average molecular weight is 639 g/mol. The number of fused-ring (bicyclic) bond motifs is 2. The van der Waals surface area contributed by atoms with E-state index in [2.05, 4.69) is 84.6 Å². The van der Waals surface area contributed by atoms with Crippen molar-refractivity contribution in [3.05, 3.63) is 119 Å². The number of hydrogen-bond acceptors (Lipinski definition) is 6. The molecule has 0 amide bonds. The van der Waals surface area contributed by atoms with E-state index in [1.807, 2.05) is 72.8 Å². The molecule has 46 heavy (non-hydrogen) atoms. The fraction of sp³-hybridized carbons (Fsp3) is 0.158. The molecule has 0 radical (unpaired) electrons. The summed E-state index contributed by atoms with van der Waals surface area (Å²) in [7, 11) is -2.94. The molecule has 4 aromatic rings. The van der Waals surface area contributed by atoms with E-state index in [1.165, 1.54) is 10.4 Å². The van der Waals surface area contributed by atoms with Gasteiger partial charge in [0.05, 0.1) is 27.5 Å². The van der Waals surface area contributed by atoms with Gasteiger partial charge in [0.2, 0.25) is 11.6 Å². The number of nitrogens with zero attached hydrogens (tertiary/aromatic N) is 2. The number of hydrazone groups is 2. The molecule has 0 atom stereocenters. The molecule has 0 spiro atoms. The van der Waals surface area contributed by atoms with Gasteiger partial charge in [-0.15, -0.1) is 0 Å². The lowest BCUT2D eigenvalue weighted by atomic mass is 9.95. The lowest BCUT2D eigenvalue weighted by Gasteiger charge is -2.20. The second-order valence-corrected chi connectivity index (χ2v) is 24.0. The number of carbonyl (C=O) groups is 2. The predicted octanol–water partition coefficient (Wildman–Crippen LogP) is 7.27. The molecular weight excluding hydrogens is 601 g/mol. The van der Waals surface area contributed by atoms with Gasteiger partial charge in [0, 0.05) is 11.1 Å². The molecule has 2 aliphatic carbocycles. The van der Waals surface area contributed by atoms with Crippen molar-refractivity contribution >= 4 is 73.0 Å². The van der Waals surface area contributed by atoms with Crippen LogP contribution in [0, 0.1) is 0 Å². The first kappa shape index (κ1) is 31.1. The van der Waals surface area contributed by atoms with E-state index in [4.69, 9.17) is 0 Å². The van der Waals surface area contributed by atoms with Crippen LogP contribution in [0.25, 0.3) is 23.3 Å². The van der Waals surface area contributed by atoms with Gasteiger partial charge in [-0.2, -0.15) is 10.2 Å². The third kappa shape index (κ3) is 6.54. The zero-order valence-electron chi connectivity index (χ0n) is 27.1. The molecule has 0 saturated heterocycles. The molecule has 0 aromatic heterocycles. The molecule has 0 fully saturated rings. The van der Waals surface area contributed by atoms with Crippen molar-refractivity contribution in [2.24, 2.45) is 10.2 Å². The van der Waals surface area contributed by atoms with Crippen molar-refractivity contribution in [3.8, 4) is 11.1 Å². The largest absolute Gasteiger partial charge is 0.287 e. The highest BCUT2D eigenvalue weighted by Crippen LogP contribution is 2.25. The molecule has 0 bridgehead atoms. The summed E-state index contributed by atoms with van der Waals surface area (Å²) in [4.78, 5) is 25.4. The summed E-state index contributed by atoms with van der Waals surface area (Å²) < 4.78 is 0. The summed E-state index contributed by atoms with van der Waals surface area (Å²) in [6, 6.07) is 28.5. The molecule has 8 heteroatoms. The summed E-state index contributed by atoms with van der Waals surface area (Å²) in [5.41, 5.74) is 14.4. The maximum atomic E-state index is 12.7. The fourth-order valence-electron chi connectivity index (χ4n) is 5.47. The van der Waals surface area contributed by atoms with Gasteiger partial charge in [0.15, 0.2) is 0 Å². The first-order valence-corrected chi connectivity index (χ1v) is 22.5. The van der Waals surface area contributed by atoms with Crippen molar-refractivity contribution in [1.29, 1.82) is 0 Å². The van der Waals surface area contributed by atoms with Crippen LogP contribution in [-0.4, -0.2) is 39.1 Å². The van der Waals surface area contributed by atoms with Gasteiger partial charge in [0.25, 0.3) is 0 Å². The van der Waals surface area contributed by atoms with Crippen LogP contribution < -0.4 is 21.2 Å². The number of nitrogens with one attached hydrogen (secondary N) is 2. The van der Waals surface area contributed by atoms with Crippen LogP contribution in [0.5, 0.6) is 0 Å². The Bertz CT molecular complexity index is 1830. The SMILES string of the molecule is C[Si](C)(C)c1ccc2c(c1)C=CC(=O)C2=NNc1ccc(-c2ccc(NN=C3C(=O)C=Cc4cc([Si](C)(C)C)ccc43)cc2)cc1. The Kier molecular flexibility index (Phi) is 8.18. The van der Waals surface area contributed by atoms with E-state index >= 15 is 0 Å². The van der Waals surface area contributed by atoms with Gasteiger partial charge in [-0.25, -0.2) is 0 Å². The number of carbonyl (C=O) groups excluding carboxylic acids is 2. The second kappa shape index (κ2) is 12.1. The van der Waals surface area contributed by atoms with E-state index in [0.717, 1.165) is 44.8 Å². The van der Waals surface area contributed by atoms with Crippen LogP contribution in [0.1, 0.15) is 22.3 Å². The zero-order valence-corrected chi connectivity index (χ0v) is 29.1. The fourth-order valence-corrected chi connectivity index (χ4v) is 7.81. The zero-order chi connectivity index (χ0) is 32.6. The number of allylic oxidation sites excluding steroid dienone is 2. The molecule has 0 heterocycles. The number of anilines is 2. The Morgan fingerprint density at radius 1 is 0.478 bits per heavy atom. The first-order chi connectivity index (χ1) is 21.9. The second-order valence-electron chi connectivity index (χ2n) is 13.8. The van der Waals surface area contributed by atoms with Crippen LogP contribution in [0.4, 0.5) is 11.4 Å². The van der Waals surface area contributed by atoms with Gasteiger partial charge < -0.3 is 0 Å². The van der Waals surface area contributed by atoms with Gasteiger partial charge >= 0.3 is 0 Å². The number of rotatable bonds is 7. The minimum absolute atomic E-state index is 0.110. The number of benzene rings is 4. The van der Waals surface area contributed by atoms with Crippen LogP contribution in [-0.2, 0) is 9.59 Å². The van der Waals surface area contributed by atoms with Crippen LogP contribution in [0.15, 0.2) is 107 Å². The van der Waals surface area contributed by atoms with Crippen molar-refractivity contribution in [1.82, 2.24) is 0 Å². The Morgan fingerprint density at radius 3 is 1.20 bits per heavy atom. The normalized spacial score (nSPS) is 16.0. The monoisotopic (exact) mass is 638 g/mol. The molecule has 4 aromatic carbocycles. The Morgan fingerprint density at radius 2 is 0.848 bits per heavy atom. The molecule has 6 rings (SSSR count). The molecule has 0 saturated carbocycles. The summed E-state index contributed by atoms with van der Waals surface area (Å²) in [6.07, 6.45) is 6.96. The average Bonchev–Trinajstić information content (AvgIpc) is 3.03. The van der Waals surface area contributed by atoms with Gasteiger partial charge in [0.1, 0.15) is 11.4 Å². The minimum atomic E-state index is -1.47. The smallest absolute Gasteiger partial charge is 0.206 e. The molecule has 2 aliphatic rings. The van der Waals surface area contributed by atoms with Crippen molar-refractivity contribution in [3.63, 3.8) is 0 Å². The van der Waals surface area contributed by atoms with Crippen molar-refractivity contribution in [2.45, 2.75) is 39.3 Å². The summed E-state index contributed by atoms with van der Waals surface area (Å²) >= 11 is 0. The summed E-state index contributed by atoms with van der Waals surface area (Å²) in [5.74, 6) is -0.221. The van der Waals surface area contributed by atoms with Crippen molar-refractivity contribution in [2.75, 3.05) is 10.9 Å². The van der Waals surface area contributed by atoms with Gasteiger partial charge in [-0.05, 0) is 58.7 Å². The third-order valence-corrected chi connectivity index (χ3v) is 12.4. The number of ketones is 2. The standard InChI is InChI=1S/C38H38N4O2Si2/c1-45(2,3)31-17-19-33-27(23-31)11-21-35(43)37(33)41-39-29-13-7-25(8-14-29)26-9-15-30(16-10-26)40-42-38-34-20-18-32(46(4,5)6)24-28(34)12-22-36(38)44/h7-24,39-40H,1-6H3. The molecule has 0 aliphatic heterocycles. The lowest BCUT2D eigenvalue weighted by molar-refractivity contribution is -0.109. The number of hydrogen-bond donors (Lipinski definition) is 2. The highest BCUT2D eigenvalue weighted by Gasteiger charge is 2.24. The van der Waals surface area contributed by atoms with Crippen LogP contribution in [0.2, 0.25) is 39.3 Å². The minimum Gasteiger partial charge on any atom is -0.287 e. The predicted molar refractivity (Wildman–Crippen MR) is 199 cm³/mol. The Labute approximate surface area is 272 Å². The van der Waals surface area contributed by atoms with E-state index < -0.39 is 16.1 Å². The van der Waals surface area contributed by atoms with Crippen molar-refractivity contribution < 1.29 is 9.59 Å². The highest BCUT2D eigenvalue weighted by molar-refractivity contribution is 6.89. The maximum Gasteiger partial charge on any atom is 0.206 e. The Balaban J connectivity index is 1.14. The molecule has 230 valence electrons. The quantitative estimate of drug-likeness (QED) is 0.165. The Hall–Kier alpha value is -4.93. The van der Waals surface area contributed by atoms with E-state index in [-0.39, 0.29) is 11.6 Å². The molecule has 6 nitrogen and oxygen atoms in total. The summed E-state index contributed by atoms with van der Waals surface area (Å²) in [6.45, 7) is 13.9. The van der Waals surface area contributed by atoms with Gasteiger partial charge in [-0.1, -0.05) is 122 Å². The van der Waals surface area contributed by atoms with Crippen LogP contribution >= 0.6 is 0 Å². The van der Waals surface area contributed by atoms with E-state index in [0.29, 0.717) is 11.4 Å². The van der Waals surface area contributed by atoms with E-state index in [9.17, 15) is 9.59 Å².